The van der Waals surface area contributed by atoms with Crippen LogP contribution in [0.5, 0.6) is 0 Å². The van der Waals surface area contributed by atoms with Crippen LogP contribution in [0.2, 0.25) is 0 Å². The van der Waals surface area contributed by atoms with Crippen molar-refractivity contribution in [2.24, 2.45) is 0 Å². The summed E-state index contributed by atoms with van der Waals surface area (Å²) >= 11 is 0. The second-order valence-corrected chi connectivity index (χ2v) is 4.77. The van der Waals surface area contributed by atoms with Crippen LogP contribution in [0.25, 0.3) is 0 Å². The number of nitro groups is 1. The lowest BCUT2D eigenvalue weighted by atomic mass is 10.1. The van der Waals surface area contributed by atoms with Crippen molar-refractivity contribution < 1.29 is 14.5 Å². The van der Waals surface area contributed by atoms with Gasteiger partial charge < -0.3 is 10.1 Å². The molecule has 0 saturated carbocycles. The highest BCUT2D eigenvalue weighted by atomic mass is 16.6. The standard InChI is InChI=1S/C16H14N4O4/c1-24-16(21)19-13-4-2-11(3-5-13)10-18-15-7-6-14(20(22)23)8-12(15)9-17/h2-8,18H,10H2,1H3,(H,19,21). The van der Waals surface area contributed by atoms with Gasteiger partial charge in [-0.25, -0.2) is 4.79 Å². The van der Waals surface area contributed by atoms with Crippen LogP contribution in [0.15, 0.2) is 42.5 Å². The fraction of sp³-hybridized carbons (Fsp3) is 0.125. The van der Waals surface area contributed by atoms with E-state index in [1.807, 2.05) is 6.07 Å². The Morgan fingerprint density at radius 3 is 2.58 bits per heavy atom. The van der Waals surface area contributed by atoms with Crippen molar-refractivity contribution in [3.63, 3.8) is 0 Å². The molecule has 0 fully saturated rings. The smallest absolute Gasteiger partial charge is 0.411 e. The number of carbonyl (C=O) groups is 1. The van der Waals surface area contributed by atoms with E-state index in [0.29, 0.717) is 17.9 Å². The lowest BCUT2D eigenvalue weighted by Gasteiger charge is -2.09. The molecule has 24 heavy (non-hydrogen) atoms. The van der Waals surface area contributed by atoms with E-state index in [2.05, 4.69) is 15.4 Å². The number of hydrogen-bond donors (Lipinski definition) is 2. The van der Waals surface area contributed by atoms with Crippen LogP contribution in [-0.4, -0.2) is 18.1 Å². The number of nitro benzene ring substituents is 1. The zero-order valence-electron chi connectivity index (χ0n) is 12.8. The number of ether oxygens (including phenoxy) is 1. The Labute approximate surface area is 137 Å². The Balaban J connectivity index is 2.04. The number of rotatable bonds is 5. The van der Waals surface area contributed by atoms with Gasteiger partial charge >= 0.3 is 6.09 Å². The minimum Gasteiger partial charge on any atom is -0.453 e. The van der Waals surface area contributed by atoms with Gasteiger partial charge in [0.15, 0.2) is 0 Å². The molecule has 2 aromatic rings. The number of carbonyl (C=O) groups excluding carboxylic acids is 1. The largest absolute Gasteiger partial charge is 0.453 e. The third-order valence-corrected chi connectivity index (χ3v) is 3.20. The molecule has 122 valence electrons. The SMILES string of the molecule is COC(=O)Nc1ccc(CNc2ccc([N+](=O)[O-])cc2C#N)cc1. The Morgan fingerprint density at radius 1 is 1.29 bits per heavy atom. The van der Waals surface area contributed by atoms with Gasteiger partial charge in [-0.1, -0.05) is 12.1 Å². The topological polar surface area (TPSA) is 117 Å². The first-order valence-electron chi connectivity index (χ1n) is 6.90. The van der Waals surface area contributed by atoms with Crippen molar-refractivity contribution >= 4 is 23.2 Å². The van der Waals surface area contributed by atoms with Gasteiger partial charge in [-0.15, -0.1) is 0 Å². The summed E-state index contributed by atoms with van der Waals surface area (Å²) in [5.41, 5.74) is 2.09. The molecule has 8 nitrogen and oxygen atoms in total. The number of amides is 1. The minimum atomic E-state index is -0.551. The monoisotopic (exact) mass is 326 g/mol. The van der Waals surface area contributed by atoms with Gasteiger partial charge in [-0.3, -0.25) is 15.4 Å². The summed E-state index contributed by atoms with van der Waals surface area (Å²) in [7, 11) is 1.28. The van der Waals surface area contributed by atoms with E-state index in [1.165, 1.54) is 25.3 Å². The summed E-state index contributed by atoms with van der Waals surface area (Å²) in [5.74, 6) is 0. The van der Waals surface area contributed by atoms with Crippen molar-refractivity contribution in [1.82, 2.24) is 0 Å². The highest BCUT2D eigenvalue weighted by molar-refractivity contribution is 5.84. The number of nitriles is 1. The second kappa shape index (κ2) is 7.60. The first kappa shape index (κ1) is 16.8. The molecule has 2 rings (SSSR count). The molecule has 2 N–H and O–H groups in total. The maximum atomic E-state index is 11.1. The highest BCUT2D eigenvalue weighted by Crippen LogP contribution is 2.22. The summed E-state index contributed by atoms with van der Waals surface area (Å²) in [6, 6.07) is 13.0. The molecule has 0 unspecified atom stereocenters. The van der Waals surface area contributed by atoms with Gasteiger partial charge in [0.05, 0.1) is 23.3 Å². The van der Waals surface area contributed by atoms with Gasteiger partial charge in [0, 0.05) is 24.4 Å². The molecule has 1 amide bonds. The molecule has 8 heteroatoms. The summed E-state index contributed by atoms with van der Waals surface area (Å²) in [6.07, 6.45) is -0.551. The van der Waals surface area contributed by atoms with E-state index in [1.54, 1.807) is 24.3 Å². The van der Waals surface area contributed by atoms with E-state index in [0.717, 1.165) is 5.56 Å². The van der Waals surface area contributed by atoms with Crippen LogP contribution in [0.3, 0.4) is 0 Å². The van der Waals surface area contributed by atoms with E-state index < -0.39 is 11.0 Å². The molecular weight excluding hydrogens is 312 g/mol. The number of nitrogens with zero attached hydrogens (tertiary/aromatic N) is 2. The fourth-order valence-electron chi connectivity index (χ4n) is 1.96. The Morgan fingerprint density at radius 2 is 2.00 bits per heavy atom. The van der Waals surface area contributed by atoms with Gasteiger partial charge in [0.2, 0.25) is 0 Å². The van der Waals surface area contributed by atoms with Crippen LogP contribution >= 0.6 is 0 Å². The zero-order valence-corrected chi connectivity index (χ0v) is 12.8. The van der Waals surface area contributed by atoms with Crippen molar-refractivity contribution in [3.8, 4) is 6.07 Å². The van der Waals surface area contributed by atoms with Crippen LogP contribution in [-0.2, 0) is 11.3 Å². The third-order valence-electron chi connectivity index (χ3n) is 3.20. The molecule has 0 spiro atoms. The normalized spacial score (nSPS) is 9.67. The number of non-ortho nitro benzene ring substituents is 1. The molecule has 0 heterocycles. The Kier molecular flexibility index (Phi) is 5.31. The quantitative estimate of drug-likeness (QED) is 0.643. The molecule has 0 aliphatic rings. The maximum absolute atomic E-state index is 11.1. The average molecular weight is 326 g/mol. The van der Waals surface area contributed by atoms with Gasteiger partial charge in [0.1, 0.15) is 6.07 Å². The van der Waals surface area contributed by atoms with Gasteiger partial charge in [0.25, 0.3) is 5.69 Å². The van der Waals surface area contributed by atoms with Crippen LogP contribution in [0.1, 0.15) is 11.1 Å². The highest BCUT2D eigenvalue weighted by Gasteiger charge is 2.10. The second-order valence-electron chi connectivity index (χ2n) is 4.77. The number of anilines is 2. The molecule has 0 aliphatic carbocycles. The van der Waals surface area contributed by atoms with E-state index in [9.17, 15) is 14.9 Å². The maximum Gasteiger partial charge on any atom is 0.411 e. The van der Waals surface area contributed by atoms with Crippen molar-refractivity contribution in [3.05, 3.63) is 63.7 Å². The van der Waals surface area contributed by atoms with E-state index in [4.69, 9.17) is 5.26 Å². The number of benzene rings is 2. The zero-order chi connectivity index (χ0) is 17.5. The minimum absolute atomic E-state index is 0.129. The Hall–Kier alpha value is -3.60. The van der Waals surface area contributed by atoms with Crippen LogP contribution in [0.4, 0.5) is 21.9 Å². The lowest BCUT2D eigenvalue weighted by Crippen LogP contribution is -2.10. The predicted molar refractivity (Wildman–Crippen MR) is 87.6 cm³/mol. The van der Waals surface area contributed by atoms with Crippen LogP contribution < -0.4 is 10.6 Å². The molecule has 0 saturated heterocycles. The predicted octanol–water partition coefficient (Wildman–Crippen LogP) is 3.26. The summed E-state index contributed by atoms with van der Waals surface area (Å²) in [5, 5.41) is 25.4. The third kappa shape index (κ3) is 4.20. The molecule has 0 aliphatic heterocycles. The molecule has 0 bridgehead atoms. The molecular formula is C16H14N4O4. The van der Waals surface area contributed by atoms with E-state index in [-0.39, 0.29) is 11.3 Å². The van der Waals surface area contributed by atoms with Gasteiger partial charge in [-0.2, -0.15) is 5.26 Å². The summed E-state index contributed by atoms with van der Waals surface area (Å²) < 4.78 is 4.50. The average Bonchev–Trinajstić information content (AvgIpc) is 2.60. The van der Waals surface area contributed by atoms with Gasteiger partial charge in [-0.05, 0) is 23.8 Å². The molecule has 0 aromatic heterocycles. The van der Waals surface area contributed by atoms with E-state index >= 15 is 0 Å². The van der Waals surface area contributed by atoms with Crippen molar-refractivity contribution in [2.45, 2.75) is 6.54 Å². The first-order chi connectivity index (χ1) is 11.5. The van der Waals surface area contributed by atoms with Crippen molar-refractivity contribution in [1.29, 1.82) is 5.26 Å². The fourth-order valence-corrected chi connectivity index (χ4v) is 1.96. The number of nitrogens with one attached hydrogen (secondary N) is 2. The molecule has 0 radical (unpaired) electrons. The summed E-state index contributed by atoms with van der Waals surface area (Å²) in [4.78, 5) is 21.3. The molecule has 2 aromatic carbocycles. The molecule has 0 atom stereocenters. The van der Waals surface area contributed by atoms with Crippen LogP contribution in [0, 0.1) is 21.4 Å². The first-order valence-corrected chi connectivity index (χ1v) is 6.90. The summed E-state index contributed by atoms with van der Waals surface area (Å²) in [6.45, 7) is 0.422. The Bertz CT molecular complexity index is 797. The number of methoxy groups -OCH3 is 1. The lowest BCUT2D eigenvalue weighted by molar-refractivity contribution is -0.384. The number of hydrogen-bond acceptors (Lipinski definition) is 6. The van der Waals surface area contributed by atoms with Crippen molar-refractivity contribution in [2.75, 3.05) is 17.7 Å².